The van der Waals surface area contributed by atoms with Gasteiger partial charge in [0.1, 0.15) is 5.82 Å². The fourth-order valence-electron chi connectivity index (χ4n) is 3.11. The summed E-state index contributed by atoms with van der Waals surface area (Å²) in [5.41, 5.74) is 3.14. The molecule has 0 saturated carbocycles. The van der Waals surface area contributed by atoms with E-state index < -0.39 is 0 Å². The average Bonchev–Trinajstić information content (AvgIpc) is 2.68. The summed E-state index contributed by atoms with van der Waals surface area (Å²) in [6, 6.07) is 13.9. The van der Waals surface area contributed by atoms with Crippen LogP contribution in [0.3, 0.4) is 0 Å². The van der Waals surface area contributed by atoms with Gasteiger partial charge in [-0.2, -0.15) is 0 Å². The lowest BCUT2D eigenvalue weighted by Crippen LogP contribution is -2.31. The first-order valence-corrected chi connectivity index (χ1v) is 9.17. The predicted molar refractivity (Wildman–Crippen MR) is 105 cm³/mol. The van der Waals surface area contributed by atoms with Crippen molar-refractivity contribution >= 4 is 16.8 Å². The number of nitrogens with zero attached hydrogens (tertiary/aromatic N) is 1. The van der Waals surface area contributed by atoms with E-state index in [1.807, 2.05) is 18.2 Å². The van der Waals surface area contributed by atoms with Gasteiger partial charge in [0, 0.05) is 24.0 Å². The summed E-state index contributed by atoms with van der Waals surface area (Å²) in [5.74, 6) is -0.369. The molecule has 2 aromatic carbocycles. The Morgan fingerprint density at radius 1 is 1.00 bits per heavy atom. The number of carbonyl (C=O) groups is 1. The number of pyridine rings is 1. The Bertz CT molecular complexity index is 1010. The summed E-state index contributed by atoms with van der Waals surface area (Å²) in [6.07, 6.45) is 1.25. The van der Waals surface area contributed by atoms with Gasteiger partial charge < -0.3 is 9.88 Å². The highest BCUT2D eigenvalue weighted by Crippen LogP contribution is 2.16. The molecule has 3 rings (SSSR count). The summed E-state index contributed by atoms with van der Waals surface area (Å²) in [4.78, 5) is 29.4. The van der Waals surface area contributed by atoms with Crippen LogP contribution in [0.4, 0.5) is 4.39 Å². The molecule has 1 heterocycles. The highest BCUT2D eigenvalue weighted by Gasteiger charge is 2.15. The van der Waals surface area contributed by atoms with Crippen LogP contribution in [-0.2, 0) is 24.3 Å². The standard InChI is InChI=1S/C22H23FN2O2/c1-3-15-7-10-20-17(11-15)12-18(22(27)24-20)14-25(21(26)4-2)13-16-5-8-19(23)9-6-16/h5-12H,3-4,13-14H2,1-2H3,(H,24,27). The maximum atomic E-state index is 13.1. The van der Waals surface area contributed by atoms with Crippen molar-refractivity contribution in [1.82, 2.24) is 9.88 Å². The third-order valence-corrected chi connectivity index (χ3v) is 4.70. The van der Waals surface area contributed by atoms with Gasteiger partial charge in [0.15, 0.2) is 0 Å². The largest absolute Gasteiger partial charge is 0.334 e. The molecule has 0 atom stereocenters. The van der Waals surface area contributed by atoms with Crippen LogP contribution < -0.4 is 5.56 Å². The number of aromatic amines is 1. The van der Waals surface area contributed by atoms with E-state index in [1.54, 1.807) is 24.0 Å². The maximum absolute atomic E-state index is 13.1. The fourth-order valence-corrected chi connectivity index (χ4v) is 3.11. The topological polar surface area (TPSA) is 53.2 Å². The second-order valence-electron chi connectivity index (χ2n) is 6.63. The summed E-state index contributed by atoms with van der Waals surface area (Å²) < 4.78 is 13.1. The second-order valence-corrected chi connectivity index (χ2v) is 6.63. The number of benzene rings is 2. The summed E-state index contributed by atoms with van der Waals surface area (Å²) in [6.45, 7) is 4.42. The van der Waals surface area contributed by atoms with Gasteiger partial charge in [0.05, 0.1) is 6.54 Å². The van der Waals surface area contributed by atoms with Crippen LogP contribution in [0.25, 0.3) is 10.9 Å². The molecule has 1 amide bonds. The number of hydrogen-bond donors (Lipinski definition) is 1. The van der Waals surface area contributed by atoms with Crippen LogP contribution in [0.2, 0.25) is 0 Å². The fraction of sp³-hybridized carbons (Fsp3) is 0.273. The number of fused-ring (bicyclic) bond motifs is 1. The number of aromatic nitrogens is 1. The summed E-state index contributed by atoms with van der Waals surface area (Å²) in [5, 5.41) is 0.953. The van der Waals surface area contributed by atoms with Crippen LogP contribution in [-0.4, -0.2) is 15.8 Å². The molecular formula is C22H23FN2O2. The molecule has 0 unspecified atom stereocenters. The molecule has 1 aromatic heterocycles. The zero-order chi connectivity index (χ0) is 19.4. The molecule has 5 heteroatoms. The summed E-state index contributed by atoms with van der Waals surface area (Å²) in [7, 11) is 0. The molecule has 0 bridgehead atoms. The van der Waals surface area contributed by atoms with Gasteiger partial charge in [-0.3, -0.25) is 9.59 Å². The third-order valence-electron chi connectivity index (χ3n) is 4.70. The van der Waals surface area contributed by atoms with Crippen molar-refractivity contribution in [2.45, 2.75) is 39.8 Å². The molecule has 140 valence electrons. The first kappa shape index (κ1) is 18.8. The van der Waals surface area contributed by atoms with Crippen molar-refractivity contribution < 1.29 is 9.18 Å². The first-order valence-electron chi connectivity index (χ1n) is 9.17. The van der Waals surface area contributed by atoms with Gasteiger partial charge in [-0.15, -0.1) is 0 Å². The van der Waals surface area contributed by atoms with Gasteiger partial charge in [-0.05, 0) is 53.3 Å². The van der Waals surface area contributed by atoms with Crippen LogP contribution in [0, 0.1) is 5.82 Å². The Kier molecular flexibility index (Phi) is 5.69. The van der Waals surface area contributed by atoms with Crippen molar-refractivity contribution in [3.05, 3.63) is 81.4 Å². The van der Waals surface area contributed by atoms with Gasteiger partial charge >= 0.3 is 0 Å². The number of nitrogens with one attached hydrogen (secondary N) is 1. The maximum Gasteiger partial charge on any atom is 0.253 e. The molecule has 4 nitrogen and oxygen atoms in total. The van der Waals surface area contributed by atoms with Gasteiger partial charge in [0.2, 0.25) is 5.91 Å². The molecular weight excluding hydrogens is 343 g/mol. The number of rotatable bonds is 6. The van der Waals surface area contributed by atoms with Gasteiger partial charge in [-0.1, -0.05) is 32.0 Å². The minimum atomic E-state index is -0.315. The smallest absolute Gasteiger partial charge is 0.253 e. The lowest BCUT2D eigenvalue weighted by molar-refractivity contribution is -0.132. The molecule has 1 N–H and O–H groups in total. The molecule has 0 aliphatic rings. The molecule has 0 saturated heterocycles. The van der Waals surface area contributed by atoms with Crippen molar-refractivity contribution in [2.75, 3.05) is 0 Å². The zero-order valence-electron chi connectivity index (χ0n) is 15.6. The van der Waals surface area contributed by atoms with E-state index in [9.17, 15) is 14.0 Å². The highest BCUT2D eigenvalue weighted by atomic mass is 19.1. The average molecular weight is 366 g/mol. The van der Waals surface area contributed by atoms with E-state index in [1.165, 1.54) is 17.7 Å². The molecule has 3 aromatic rings. The lowest BCUT2D eigenvalue weighted by Gasteiger charge is -2.22. The number of halogens is 1. The van der Waals surface area contributed by atoms with Gasteiger partial charge in [0.25, 0.3) is 5.56 Å². The van der Waals surface area contributed by atoms with E-state index in [-0.39, 0.29) is 23.8 Å². The normalized spacial score (nSPS) is 10.9. The number of aryl methyl sites for hydroxylation is 1. The van der Waals surface area contributed by atoms with Crippen molar-refractivity contribution in [3.63, 3.8) is 0 Å². The van der Waals surface area contributed by atoms with E-state index >= 15 is 0 Å². The van der Waals surface area contributed by atoms with E-state index in [0.717, 1.165) is 22.9 Å². The minimum absolute atomic E-state index is 0.0545. The molecule has 0 fully saturated rings. The van der Waals surface area contributed by atoms with Crippen molar-refractivity contribution in [3.8, 4) is 0 Å². The molecule has 27 heavy (non-hydrogen) atoms. The third kappa shape index (κ3) is 4.42. The Labute approximate surface area is 157 Å². The number of H-pyrrole nitrogens is 1. The SMILES string of the molecule is CCC(=O)N(Cc1ccc(F)cc1)Cc1cc2cc(CC)ccc2[nH]c1=O. The van der Waals surface area contributed by atoms with E-state index in [0.29, 0.717) is 18.5 Å². The Morgan fingerprint density at radius 3 is 2.37 bits per heavy atom. The van der Waals surface area contributed by atoms with E-state index in [2.05, 4.69) is 18.0 Å². The lowest BCUT2D eigenvalue weighted by atomic mass is 10.1. The van der Waals surface area contributed by atoms with Crippen LogP contribution >= 0.6 is 0 Å². The van der Waals surface area contributed by atoms with Gasteiger partial charge in [-0.25, -0.2) is 4.39 Å². The Balaban J connectivity index is 1.92. The Morgan fingerprint density at radius 2 is 1.70 bits per heavy atom. The minimum Gasteiger partial charge on any atom is -0.334 e. The van der Waals surface area contributed by atoms with Crippen LogP contribution in [0.15, 0.2) is 53.3 Å². The van der Waals surface area contributed by atoms with Crippen molar-refractivity contribution in [1.29, 1.82) is 0 Å². The highest BCUT2D eigenvalue weighted by molar-refractivity contribution is 5.80. The Hall–Kier alpha value is -2.95. The monoisotopic (exact) mass is 366 g/mol. The summed E-state index contributed by atoms with van der Waals surface area (Å²) >= 11 is 0. The molecule has 0 radical (unpaired) electrons. The predicted octanol–water partition coefficient (Wildman–Crippen LogP) is 4.17. The first-order chi connectivity index (χ1) is 13.0. The van der Waals surface area contributed by atoms with Crippen LogP contribution in [0.1, 0.15) is 37.0 Å². The number of amides is 1. The second kappa shape index (κ2) is 8.16. The van der Waals surface area contributed by atoms with E-state index in [4.69, 9.17) is 0 Å². The molecule has 0 spiro atoms. The molecule has 0 aliphatic heterocycles. The van der Waals surface area contributed by atoms with Crippen LogP contribution in [0.5, 0.6) is 0 Å². The number of carbonyl (C=O) groups excluding carboxylic acids is 1. The number of hydrogen-bond acceptors (Lipinski definition) is 2. The quantitative estimate of drug-likeness (QED) is 0.712. The zero-order valence-corrected chi connectivity index (χ0v) is 15.6. The van der Waals surface area contributed by atoms with Crippen molar-refractivity contribution in [2.24, 2.45) is 0 Å². The molecule has 0 aliphatic carbocycles.